The first-order chi connectivity index (χ1) is 12.7. The highest BCUT2D eigenvalue weighted by atomic mass is 19.1. The number of hydrogen-bond acceptors (Lipinski definition) is 3. The van der Waals surface area contributed by atoms with Crippen molar-refractivity contribution in [3.8, 4) is 0 Å². The van der Waals surface area contributed by atoms with Crippen LogP contribution in [0.15, 0.2) is 79.4 Å². The zero-order valence-corrected chi connectivity index (χ0v) is 14.1. The van der Waals surface area contributed by atoms with Crippen LogP contribution in [-0.4, -0.2) is 20.8 Å². The number of aromatic nitrogens is 2. The SMILES string of the molecule is O=C(/C=C/c1cccc(F)c1)N(Cc1ccncc1)Cc1cccnc1. The van der Waals surface area contributed by atoms with Crippen molar-refractivity contribution in [3.63, 3.8) is 0 Å². The molecular formula is C21H18FN3O. The van der Waals surface area contributed by atoms with E-state index >= 15 is 0 Å². The Morgan fingerprint density at radius 3 is 2.50 bits per heavy atom. The summed E-state index contributed by atoms with van der Waals surface area (Å²) in [5.74, 6) is -0.487. The molecule has 3 aromatic rings. The Kier molecular flexibility index (Phi) is 5.83. The molecule has 2 aromatic heterocycles. The van der Waals surface area contributed by atoms with Crippen molar-refractivity contribution in [2.75, 3.05) is 0 Å². The molecule has 5 heteroatoms. The molecule has 2 heterocycles. The predicted molar refractivity (Wildman–Crippen MR) is 98.2 cm³/mol. The number of benzene rings is 1. The maximum Gasteiger partial charge on any atom is 0.247 e. The molecule has 0 fully saturated rings. The Hall–Kier alpha value is -3.34. The summed E-state index contributed by atoms with van der Waals surface area (Å²) in [6.45, 7) is 0.881. The van der Waals surface area contributed by atoms with Crippen LogP contribution in [0.25, 0.3) is 6.08 Å². The van der Waals surface area contributed by atoms with E-state index in [4.69, 9.17) is 0 Å². The normalized spacial score (nSPS) is 10.8. The van der Waals surface area contributed by atoms with E-state index in [2.05, 4.69) is 9.97 Å². The summed E-state index contributed by atoms with van der Waals surface area (Å²) in [5.41, 5.74) is 2.56. The molecule has 3 rings (SSSR count). The van der Waals surface area contributed by atoms with Gasteiger partial charge in [-0.3, -0.25) is 14.8 Å². The second-order valence-corrected chi connectivity index (χ2v) is 5.80. The van der Waals surface area contributed by atoms with Gasteiger partial charge in [0.1, 0.15) is 5.82 Å². The molecule has 130 valence electrons. The minimum absolute atomic E-state index is 0.157. The lowest BCUT2D eigenvalue weighted by atomic mass is 10.2. The molecule has 0 unspecified atom stereocenters. The number of rotatable bonds is 6. The molecule has 0 saturated heterocycles. The van der Waals surface area contributed by atoms with Gasteiger partial charge in [0.25, 0.3) is 0 Å². The van der Waals surface area contributed by atoms with Gasteiger partial charge in [-0.1, -0.05) is 18.2 Å². The minimum Gasteiger partial charge on any atom is -0.330 e. The monoisotopic (exact) mass is 347 g/mol. The van der Waals surface area contributed by atoms with E-state index in [0.29, 0.717) is 18.7 Å². The predicted octanol–water partition coefficient (Wildman–Crippen LogP) is 3.86. The highest BCUT2D eigenvalue weighted by molar-refractivity contribution is 5.91. The Balaban J connectivity index is 1.78. The first-order valence-electron chi connectivity index (χ1n) is 8.21. The third kappa shape index (κ3) is 5.08. The standard InChI is InChI=1S/C21H18FN3O/c22-20-5-1-3-17(13-20)6-7-21(26)25(15-18-8-11-23-12-9-18)16-19-4-2-10-24-14-19/h1-14H,15-16H2/b7-6+. The van der Waals surface area contributed by atoms with Crippen LogP contribution in [0.2, 0.25) is 0 Å². The second kappa shape index (κ2) is 8.67. The van der Waals surface area contributed by atoms with E-state index < -0.39 is 0 Å². The van der Waals surface area contributed by atoms with Gasteiger partial charge in [-0.15, -0.1) is 0 Å². The number of carbonyl (C=O) groups excluding carboxylic acids is 1. The van der Waals surface area contributed by atoms with Gasteiger partial charge in [0, 0.05) is 44.0 Å². The van der Waals surface area contributed by atoms with Gasteiger partial charge in [-0.05, 0) is 53.1 Å². The van der Waals surface area contributed by atoms with Crippen molar-refractivity contribution < 1.29 is 9.18 Å². The Morgan fingerprint density at radius 1 is 0.962 bits per heavy atom. The molecule has 0 radical (unpaired) electrons. The smallest absolute Gasteiger partial charge is 0.247 e. The van der Waals surface area contributed by atoms with E-state index in [-0.39, 0.29) is 11.7 Å². The van der Waals surface area contributed by atoms with Crippen molar-refractivity contribution in [1.82, 2.24) is 14.9 Å². The fraction of sp³-hybridized carbons (Fsp3) is 0.0952. The molecule has 0 saturated carbocycles. The molecule has 1 amide bonds. The fourth-order valence-electron chi connectivity index (χ4n) is 2.52. The number of nitrogens with zero attached hydrogens (tertiary/aromatic N) is 3. The van der Waals surface area contributed by atoms with Gasteiger partial charge < -0.3 is 4.90 Å². The summed E-state index contributed by atoms with van der Waals surface area (Å²) in [6.07, 6.45) is 9.92. The quantitative estimate of drug-likeness (QED) is 0.636. The summed E-state index contributed by atoms with van der Waals surface area (Å²) in [5, 5.41) is 0. The van der Waals surface area contributed by atoms with Crippen molar-refractivity contribution in [2.24, 2.45) is 0 Å². The van der Waals surface area contributed by atoms with Gasteiger partial charge in [0.2, 0.25) is 5.91 Å². The molecule has 0 atom stereocenters. The van der Waals surface area contributed by atoms with Crippen LogP contribution in [0.3, 0.4) is 0 Å². The summed E-state index contributed by atoms with van der Waals surface area (Å²) < 4.78 is 13.3. The third-order valence-corrected chi connectivity index (χ3v) is 3.80. The third-order valence-electron chi connectivity index (χ3n) is 3.80. The zero-order chi connectivity index (χ0) is 18.2. The summed E-state index contributed by atoms with van der Waals surface area (Å²) in [7, 11) is 0. The molecule has 0 aliphatic rings. The van der Waals surface area contributed by atoms with Gasteiger partial charge in [0.05, 0.1) is 0 Å². The summed E-state index contributed by atoms with van der Waals surface area (Å²) in [6, 6.07) is 13.6. The number of pyridine rings is 2. The van der Waals surface area contributed by atoms with Crippen LogP contribution in [0, 0.1) is 5.82 Å². The fourth-order valence-corrected chi connectivity index (χ4v) is 2.52. The number of halogens is 1. The zero-order valence-electron chi connectivity index (χ0n) is 14.1. The van der Waals surface area contributed by atoms with Gasteiger partial charge in [-0.25, -0.2) is 4.39 Å². The minimum atomic E-state index is -0.330. The van der Waals surface area contributed by atoms with Crippen molar-refractivity contribution in [1.29, 1.82) is 0 Å². The van der Waals surface area contributed by atoms with E-state index in [0.717, 1.165) is 11.1 Å². The first-order valence-corrected chi connectivity index (χ1v) is 8.21. The Bertz CT molecular complexity index is 841. The molecule has 0 bridgehead atoms. The van der Waals surface area contributed by atoms with Crippen LogP contribution in [0.5, 0.6) is 0 Å². The topological polar surface area (TPSA) is 46.1 Å². The highest BCUT2D eigenvalue weighted by Crippen LogP contribution is 2.11. The molecule has 0 N–H and O–H groups in total. The van der Waals surface area contributed by atoms with Crippen molar-refractivity contribution >= 4 is 12.0 Å². The molecule has 26 heavy (non-hydrogen) atoms. The first kappa shape index (κ1) is 17.5. The summed E-state index contributed by atoms with van der Waals surface area (Å²) in [4.78, 5) is 22.5. The average molecular weight is 347 g/mol. The second-order valence-electron chi connectivity index (χ2n) is 5.80. The Morgan fingerprint density at radius 2 is 1.77 bits per heavy atom. The molecule has 4 nitrogen and oxygen atoms in total. The highest BCUT2D eigenvalue weighted by Gasteiger charge is 2.12. The molecule has 1 aromatic carbocycles. The lowest BCUT2D eigenvalue weighted by molar-refractivity contribution is -0.127. The van der Waals surface area contributed by atoms with Crippen LogP contribution < -0.4 is 0 Å². The lowest BCUT2D eigenvalue weighted by Gasteiger charge is -2.21. The number of hydrogen-bond donors (Lipinski definition) is 0. The van der Waals surface area contributed by atoms with Gasteiger partial charge in [-0.2, -0.15) is 0 Å². The number of amides is 1. The van der Waals surface area contributed by atoms with Gasteiger partial charge >= 0.3 is 0 Å². The van der Waals surface area contributed by atoms with E-state index in [1.54, 1.807) is 47.9 Å². The van der Waals surface area contributed by atoms with Crippen LogP contribution >= 0.6 is 0 Å². The summed E-state index contributed by atoms with van der Waals surface area (Å²) >= 11 is 0. The van der Waals surface area contributed by atoms with Crippen molar-refractivity contribution in [2.45, 2.75) is 13.1 Å². The van der Waals surface area contributed by atoms with Crippen molar-refractivity contribution in [3.05, 3.63) is 102 Å². The maximum atomic E-state index is 13.3. The molecule has 0 spiro atoms. The molecule has 0 aliphatic heterocycles. The molecule has 0 aliphatic carbocycles. The van der Waals surface area contributed by atoms with Crippen LogP contribution in [0.4, 0.5) is 4.39 Å². The lowest BCUT2D eigenvalue weighted by Crippen LogP contribution is -2.28. The average Bonchev–Trinajstić information content (AvgIpc) is 2.67. The van der Waals surface area contributed by atoms with Crippen LogP contribution in [0.1, 0.15) is 16.7 Å². The van der Waals surface area contributed by atoms with Gasteiger partial charge in [0.15, 0.2) is 0 Å². The van der Waals surface area contributed by atoms with E-state index in [9.17, 15) is 9.18 Å². The number of carbonyl (C=O) groups is 1. The Labute approximate surface area is 151 Å². The van der Waals surface area contributed by atoms with Crippen LogP contribution in [-0.2, 0) is 17.9 Å². The van der Waals surface area contributed by atoms with E-state index in [1.165, 1.54) is 18.2 Å². The molecular weight excluding hydrogens is 329 g/mol. The largest absolute Gasteiger partial charge is 0.330 e. The van der Waals surface area contributed by atoms with E-state index in [1.807, 2.05) is 24.3 Å². The maximum absolute atomic E-state index is 13.3.